The van der Waals surface area contributed by atoms with Crippen molar-refractivity contribution in [3.8, 4) is 5.75 Å². The Balaban J connectivity index is 0.000000229. The third-order valence-corrected chi connectivity index (χ3v) is 8.91. The molecule has 0 spiro atoms. The van der Waals surface area contributed by atoms with E-state index in [1.54, 1.807) is 24.3 Å². The Labute approximate surface area is 277 Å². The van der Waals surface area contributed by atoms with E-state index in [0.29, 0.717) is 11.3 Å². The summed E-state index contributed by atoms with van der Waals surface area (Å²) in [5.41, 5.74) is 0.584. The first kappa shape index (κ1) is 35.1. The highest BCUT2D eigenvalue weighted by Crippen LogP contribution is 2.39. The van der Waals surface area contributed by atoms with Gasteiger partial charge in [0.2, 0.25) is 20.0 Å². The molecule has 47 heavy (non-hydrogen) atoms. The molecule has 0 amide bonds. The molecule has 17 nitrogen and oxygen atoms in total. The predicted molar refractivity (Wildman–Crippen MR) is 177 cm³/mol. The topological polar surface area (TPSA) is 215 Å². The molecular formula is C26H26Cl2N8O9S2. The van der Waals surface area contributed by atoms with Crippen LogP contribution >= 0.6 is 23.2 Å². The van der Waals surface area contributed by atoms with Gasteiger partial charge in [0.25, 0.3) is 11.4 Å². The molecule has 2 heterocycles. The van der Waals surface area contributed by atoms with Crippen LogP contribution in [0.2, 0.25) is 10.0 Å². The van der Waals surface area contributed by atoms with Crippen molar-refractivity contribution in [2.75, 3.05) is 28.6 Å². The molecule has 0 atom stereocenters. The monoisotopic (exact) mass is 728 g/mol. The summed E-state index contributed by atoms with van der Waals surface area (Å²) in [6.07, 6.45) is 2.00. The molecule has 5 aromatic rings. The number of hydrogen-bond donors (Lipinski definition) is 1. The standard InChI is InChI=1S/C17H17ClN4O5S.C9H9ClN4O4S/c1-20-16-14(22(23)24)9-8-13(18)15(16)17(19-20)21(28(3,25)26)10-11-4-6-12(27-2)7-5-11;1-13-8-6(14(15)16)4-3-5(10)7(8)9(11-13)12-19(2,17)18/h4-9H,10H2,1-3H3;3-4H,1-2H3,(H,11,12). The fourth-order valence-corrected chi connectivity index (χ4v) is 6.46. The maximum Gasteiger partial charge on any atom is 0.295 e. The average molecular weight is 730 g/mol. The number of methoxy groups -OCH3 is 1. The van der Waals surface area contributed by atoms with E-state index in [1.807, 2.05) is 0 Å². The zero-order chi connectivity index (χ0) is 35.0. The number of halogens is 2. The molecule has 0 aliphatic rings. The Kier molecular flexibility index (Phi) is 9.86. The lowest BCUT2D eigenvalue weighted by Crippen LogP contribution is -2.30. The second-order valence-corrected chi connectivity index (χ2v) is 14.5. The second-order valence-electron chi connectivity index (χ2n) is 10.0. The van der Waals surface area contributed by atoms with Gasteiger partial charge in [0.15, 0.2) is 11.6 Å². The predicted octanol–water partition coefficient (Wildman–Crippen LogP) is 4.62. The largest absolute Gasteiger partial charge is 0.497 e. The zero-order valence-corrected chi connectivity index (χ0v) is 28.3. The minimum absolute atomic E-state index is 0.0199. The molecule has 0 fully saturated rings. The van der Waals surface area contributed by atoms with Gasteiger partial charge in [-0.1, -0.05) is 35.3 Å². The van der Waals surface area contributed by atoms with Gasteiger partial charge in [-0.25, -0.2) is 21.1 Å². The quantitative estimate of drug-likeness (QED) is 0.163. The summed E-state index contributed by atoms with van der Waals surface area (Å²) in [6.45, 7) is -0.0199. The van der Waals surface area contributed by atoms with Gasteiger partial charge >= 0.3 is 0 Å². The Morgan fingerprint density at radius 3 is 1.79 bits per heavy atom. The fraction of sp³-hybridized carbons (Fsp3) is 0.231. The Bertz CT molecular complexity index is 2260. The molecular weight excluding hydrogens is 703 g/mol. The minimum Gasteiger partial charge on any atom is -0.497 e. The van der Waals surface area contributed by atoms with Crippen LogP contribution in [0.4, 0.5) is 23.0 Å². The minimum atomic E-state index is -3.76. The molecule has 5 rings (SSSR count). The van der Waals surface area contributed by atoms with Crippen molar-refractivity contribution in [1.82, 2.24) is 19.6 Å². The summed E-state index contributed by atoms with van der Waals surface area (Å²) in [7, 11) is -2.81. The van der Waals surface area contributed by atoms with Crippen molar-refractivity contribution >= 4 is 88.1 Å². The van der Waals surface area contributed by atoms with Crippen molar-refractivity contribution in [2.45, 2.75) is 6.54 Å². The van der Waals surface area contributed by atoms with Crippen LogP contribution in [0.15, 0.2) is 48.5 Å². The highest BCUT2D eigenvalue weighted by Gasteiger charge is 2.29. The fourth-order valence-electron chi connectivity index (χ4n) is 4.66. The van der Waals surface area contributed by atoms with Gasteiger partial charge in [0, 0.05) is 26.2 Å². The van der Waals surface area contributed by atoms with Crippen LogP contribution in [0.1, 0.15) is 5.56 Å². The number of non-ortho nitro benzene ring substituents is 2. The Morgan fingerprint density at radius 1 is 0.830 bits per heavy atom. The van der Waals surface area contributed by atoms with Crippen LogP contribution in [0.5, 0.6) is 5.75 Å². The van der Waals surface area contributed by atoms with Crippen molar-refractivity contribution in [1.29, 1.82) is 0 Å². The van der Waals surface area contributed by atoms with E-state index in [1.165, 1.54) is 54.8 Å². The van der Waals surface area contributed by atoms with Crippen LogP contribution in [0.25, 0.3) is 21.8 Å². The summed E-state index contributed by atoms with van der Waals surface area (Å²) < 4.78 is 58.4. The number of aromatic nitrogens is 4. The van der Waals surface area contributed by atoms with E-state index in [9.17, 15) is 37.1 Å². The number of sulfonamides is 2. The molecule has 0 aliphatic heterocycles. The SMILES string of the molecule is COc1ccc(CN(c2nn(C)c3c([N+](=O)[O-])ccc(Cl)c23)S(C)(=O)=O)cc1.Cn1nc(NS(C)(=O)=O)c2c(Cl)ccc([N+](=O)[O-])c21. The first-order valence-electron chi connectivity index (χ1n) is 13.0. The van der Waals surface area contributed by atoms with Gasteiger partial charge in [0.1, 0.15) is 16.8 Å². The number of nitrogens with zero attached hydrogens (tertiary/aromatic N) is 7. The summed E-state index contributed by atoms with van der Waals surface area (Å²) in [5.74, 6) is 0.634. The van der Waals surface area contributed by atoms with Crippen molar-refractivity contribution in [2.24, 2.45) is 14.1 Å². The maximum absolute atomic E-state index is 12.5. The summed E-state index contributed by atoms with van der Waals surface area (Å²) in [6, 6.07) is 12.1. The first-order chi connectivity index (χ1) is 21.8. The lowest BCUT2D eigenvalue weighted by Gasteiger charge is -2.20. The molecule has 0 saturated carbocycles. The second kappa shape index (κ2) is 13.2. The third-order valence-electron chi connectivity index (χ3n) is 6.61. The van der Waals surface area contributed by atoms with Gasteiger partial charge in [-0.15, -0.1) is 0 Å². The number of anilines is 2. The average Bonchev–Trinajstić information content (AvgIpc) is 3.48. The van der Waals surface area contributed by atoms with E-state index < -0.39 is 29.9 Å². The normalized spacial score (nSPS) is 11.6. The lowest BCUT2D eigenvalue weighted by atomic mass is 10.2. The van der Waals surface area contributed by atoms with E-state index >= 15 is 0 Å². The molecule has 0 radical (unpaired) electrons. The number of fused-ring (bicyclic) bond motifs is 2. The number of hydrogen-bond acceptors (Lipinski definition) is 11. The van der Waals surface area contributed by atoms with Crippen LogP contribution in [0, 0.1) is 20.2 Å². The Morgan fingerprint density at radius 2 is 1.32 bits per heavy atom. The highest BCUT2D eigenvalue weighted by atomic mass is 35.5. The number of nitrogens with one attached hydrogen (secondary N) is 1. The molecule has 0 saturated heterocycles. The first-order valence-corrected chi connectivity index (χ1v) is 17.5. The molecule has 0 bridgehead atoms. The Hall–Kier alpha value is -4.72. The van der Waals surface area contributed by atoms with Gasteiger partial charge in [-0.3, -0.25) is 34.3 Å². The molecule has 250 valence electrons. The summed E-state index contributed by atoms with van der Waals surface area (Å²) in [5, 5.41) is 31.3. The maximum atomic E-state index is 12.5. The van der Waals surface area contributed by atoms with Crippen LogP contribution in [-0.4, -0.2) is 65.9 Å². The van der Waals surface area contributed by atoms with E-state index in [4.69, 9.17) is 27.9 Å². The van der Waals surface area contributed by atoms with E-state index in [-0.39, 0.29) is 61.4 Å². The number of benzene rings is 3. The van der Waals surface area contributed by atoms with E-state index in [0.717, 1.165) is 16.8 Å². The molecule has 0 unspecified atom stereocenters. The number of nitro groups is 2. The summed E-state index contributed by atoms with van der Waals surface area (Å²) >= 11 is 12.2. The zero-order valence-electron chi connectivity index (χ0n) is 25.2. The number of aryl methyl sites for hydroxylation is 2. The van der Waals surface area contributed by atoms with Crippen molar-refractivity contribution < 1.29 is 31.4 Å². The molecule has 0 aliphatic carbocycles. The van der Waals surface area contributed by atoms with Crippen LogP contribution in [0.3, 0.4) is 0 Å². The van der Waals surface area contributed by atoms with Crippen molar-refractivity contribution in [3.63, 3.8) is 0 Å². The van der Waals surface area contributed by atoms with Crippen LogP contribution < -0.4 is 13.8 Å². The number of ether oxygens (including phenoxy) is 1. The smallest absolute Gasteiger partial charge is 0.295 e. The highest BCUT2D eigenvalue weighted by molar-refractivity contribution is 7.92. The van der Waals surface area contributed by atoms with Gasteiger partial charge in [0.05, 0.1) is 56.8 Å². The molecule has 21 heteroatoms. The van der Waals surface area contributed by atoms with Crippen LogP contribution in [-0.2, 0) is 40.7 Å². The van der Waals surface area contributed by atoms with Gasteiger partial charge < -0.3 is 4.74 Å². The summed E-state index contributed by atoms with van der Waals surface area (Å²) in [4.78, 5) is 21.2. The molecule has 3 aromatic carbocycles. The number of nitro benzene ring substituents is 2. The van der Waals surface area contributed by atoms with Gasteiger partial charge in [-0.2, -0.15) is 10.2 Å². The number of rotatable bonds is 9. The molecule has 2 aromatic heterocycles. The lowest BCUT2D eigenvalue weighted by molar-refractivity contribution is -0.383. The van der Waals surface area contributed by atoms with Crippen molar-refractivity contribution in [3.05, 3.63) is 84.4 Å². The third kappa shape index (κ3) is 7.48. The van der Waals surface area contributed by atoms with Gasteiger partial charge in [-0.05, 0) is 29.8 Å². The van der Waals surface area contributed by atoms with E-state index in [2.05, 4.69) is 14.9 Å². The molecule has 1 N–H and O–H groups in total.